The van der Waals surface area contributed by atoms with Gasteiger partial charge in [-0.2, -0.15) is 0 Å². The molecule has 0 spiro atoms. The maximum absolute atomic E-state index is 13.1. The summed E-state index contributed by atoms with van der Waals surface area (Å²) in [7, 11) is 0. The summed E-state index contributed by atoms with van der Waals surface area (Å²) in [5.74, 6) is 0.346. The van der Waals surface area contributed by atoms with Gasteiger partial charge in [0, 0.05) is 12.2 Å². The monoisotopic (exact) mass is 256 g/mol. The van der Waals surface area contributed by atoms with E-state index in [9.17, 15) is 4.39 Å². The van der Waals surface area contributed by atoms with Gasteiger partial charge in [0.15, 0.2) is 0 Å². The molecule has 0 bridgehead atoms. The number of aromatic amines is 1. The number of imidazole rings is 1. The summed E-state index contributed by atoms with van der Waals surface area (Å²) in [6.07, 6.45) is 0. The molecule has 2 aromatic carbocycles. The predicted octanol–water partition coefficient (Wildman–Crippen LogP) is 2.90. The SMILES string of the molecule is Nc1ccc(CNc2nc3ccc(F)cc3[nH]2)cc1. The first-order valence-electron chi connectivity index (χ1n) is 5.94. The molecule has 0 aliphatic rings. The number of rotatable bonds is 3. The van der Waals surface area contributed by atoms with Gasteiger partial charge in [0.2, 0.25) is 5.95 Å². The molecule has 4 nitrogen and oxygen atoms in total. The maximum atomic E-state index is 13.1. The summed E-state index contributed by atoms with van der Waals surface area (Å²) in [6.45, 7) is 0.628. The number of hydrogen-bond acceptors (Lipinski definition) is 3. The lowest BCUT2D eigenvalue weighted by Crippen LogP contribution is -2.00. The van der Waals surface area contributed by atoms with Crippen LogP contribution in [0, 0.1) is 5.82 Å². The Labute approximate surface area is 109 Å². The second-order valence-corrected chi connectivity index (χ2v) is 4.34. The van der Waals surface area contributed by atoms with E-state index in [0.29, 0.717) is 18.0 Å². The van der Waals surface area contributed by atoms with E-state index in [0.717, 1.165) is 16.8 Å². The summed E-state index contributed by atoms with van der Waals surface area (Å²) in [4.78, 5) is 7.36. The van der Waals surface area contributed by atoms with Crippen LogP contribution in [0.15, 0.2) is 42.5 Å². The number of halogens is 1. The number of fused-ring (bicyclic) bond motifs is 1. The molecule has 4 N–H and O–H groups in total. The number of anilines is 2. The lowest BCUT2D eigenvalue weighted by molar-refractivity contribution is 0.629. The Morgan fingerprint density at radius 2 is 1.95 bits per heavy atom. The van der Waals surface area contributed by atoms with Crippen LogP contribution in [0.25, 0.3) is 11.0 Å². The number of nitrogens with zero attached hydrogens (tertiary/aromatic N) is 1. The molecule has 5 heteroatoms. The van der Waals surface area contributed by atoms with Crippen molar-refractivity contribution in [2.75, 3.05) is 11.1 Å². The molecule has 0 fully saturated rings. The molecule has 0 saturated heterocycles. The van der Waals surface area contributed by atoms with E-state index in [2.05, 4.69) is 15.3 Å². The number of nitrogens with two attached hydrogens (primary N) is 1. The van der Waals surface area contributed by atoms with Gasteiger partial charge in [0.25, 0.3) is 0 Å². The Bertz CT molecular complexity index is 703. The minimum atomic E-state index is -0.277. The smallest absolute Gasteiger partial charge is 0.201 e. The van der Waals surface area contributed by atoms with Crippen molar-refractivity contribution in [1.29, 1.82) is 0 Å². The molecule has 3 rings (SSSR count). The number of H-pyrrole nitrogens is 1. The lowest BCUT2D eigenvalue weighted by atomic mass is 10.2. The van der Waals surface area contributed by atoms with Gasteiger partial charge in [-0.15, -0.1) is 0 Å². The lowest BCUT2D eigenvalue weighted by Gasteiger charge is -2.03. The second kappa shape index (κ2) is 4.61. The highest BCUT2D eigenvalue weighted by Gasteiger charge is 2.03. The second-order valence-electron chi connectivity index (χ2n) is 4.34. The van der Waals surface area contributed by atoms with Gasteiger partial charge in [-0.1, -0.05) is 12.1 Å². The summed E-state index contributed by atoms with van der Waals surface area (Å²) in [6, 6.07) is 12.1. The highest BCUT2D eigenvalue weighted by Crippen LogP contribution is 2.16. The molecule has 3 aromatic rings. The largest absolute Gasteiger partial charge is 0.399 e. The predicted molar refractivity (Wildman–Crippen MR) is 74.2 cm³/mol. The number of benzene rings is 2. The molecular weight excluding hydrogens is 243 g/mol. The standard InChI is InChI=1S/C14H13FN4/c15-10-3-6-12-13(7-10)19-14(18-12)17-8-9-1-4-11(16)5-2-9/h1-7H,8,16H2,(H2,17,18,19). The first-order chi connectivity index (χ1) is 9.20. The Morgan fingerprint density at radius 1 is 1.16 bits per heavy atom. The quantitative estimate of drug-likeness (QED) is 0.631. The van der Waals surface area contributed by atoms with Gasteiger partial charge >= 0.3 is 0 Å². The van der Waals surface area contributed by atoms with Crippen molar-refractivity contribution in [3.05, 3.63) is 53.8 Å². The fourth-order valence-electron chi connectivity index (χ4n) is 1.89. The fourth-order valence-corrected chi connectivity index (χ4v) is 1.89. The molecule has 1 heterocycles. The zero-order chi connectivity index (χ0) is 13.2. The van der Waals surface area contributed by atoms with E-state index in [4.69, 9.17) is 5.73 Å². The zero-order valence-corrected chi connectivity index (χ0v) is 10.2. The highest BCUT2D eigenvalue weighted by molar-refractivity contribution is 5.77. The fraction of sp³-hybridized carbons (Fsp3) is 0.0714. The molecule has 0 radical (unpaired) electrons. The Balaban J connectivity index is 1.76. The molecular formula is C14H13FN4. The molecule has 1 aromatic heterocycles. The van der Waals surface area contributed by atoms with Gasteiger partial charge in [0.1, 0.15) is 5.82 Å². The number of nitrogens with one attached hydrogen (secondary N) is 2. The molecule has 0 saturated carbocycles. The average Bonchev–Trinajstić information content (AvgIpc) is 2.80. The molecule has 0 amide bonds. The van der Waals surface area contributed by atoms with Crippen LogP contribution in [0.2, 0.25) is 0 Å². The summed E-state index contributed by atoms with van der Waals surface area (Å²) < 4.78 is 13.1. The van der Waals surface area contributed by atoms with E-state index >= 15 is 0 Å². The molecule has 0 unspecified atom stereocenters. The van der Waals surface area contributed by atoms with Gasteiger partial charge in [-0.3, -0.25) is 0 Å². The van der Waals surface area contributed by atoms with E-state index in [-0.39, 0.29) is 5.82 Å². The van der Waals surface area contributed by atoms with Crippen molar-refractivity contribution in [1.82, 2.24) is 9.97 Å². The van der Waals surface area contributed by atoms with Crippen molar-refractivity contribution < 1.29 is 4.39 Å². The van der Waals surface area contributed by atoms with Gasteiger partial charge < -0.3 is 16.0 Å². The van der Waals surface area contributed by atoms with Crippen LogP contribution in [-0.2, 0) is 6.54 Å². The zero-order valence-electron chi connectivity index (χ0n) is 10.2. The third-order valence-corrected chi connectivity index (χ3v) is 2.88. The first kappa shape index (κ1) is 11.5. The third-order valence-electron chi connectivity index (χ3n) is 2.88. The minimum absolute atomic E-state index is 0.277. The van der Waals surface area contributed by atoms with Crippen LogP contribution in [0.3, 0.4) is 0 Å². The van der Waals surface area contributed by atoms with Gasteiger partial charge in [-0.25, -0.2) is 9.37 Å². The topological polar surface area (TPSA) is 66.7 Å². The summed E-state index contributed by atoms with van der Waals surface area (Å²) in [5.41, 5.74) is 8.88. The average molecular weight is 256 g/mol. The number of aromatic nitrogens is 2. The van der Waals surface area contributed by atoms with E-state index in [1.54, 1.807) is 6.07 Å². The highest BCUT2D eigenvalue weighted by atomic mass is 19.1. The summed E-state index contributed by atoms with van der Waals surface area (Å²) >= 11 is 0. The number of nitrogen functional groups attached to an aromatic ring is 1. The molecule has 96 valence electrons. The Hall–Kier alpha value is -2.56. The Morgan fingerprint density at radius 3 is 2.74 bits per heavy atom. The van der Waals surface area contributed by atoms with Crippen LogP contribution in [0.1, 0.15) is 5.56 Å². The van der Waals surface area contributed by atoms with Crippen molar-refractivity contribution in [3.63, 3.8) is 0 Å². The maximum Gasteiger partial charge on any atom is 0.201 e. The van der Waals surface area contributed by atoms with Crippen molar-refractivity contribution in [3.8, 4) is 0 Å². The molecule has 0 aliphatic carbocycles. The molecule has 0 aliphatic heterocycles. The van der Waals surface area contributed by atoms with E-state index < -0.39 is 0 Å². The Kier molecular flexibility index (Phi) is 2.79. The van der Waals surface area contributed by atoms with Crippen molar-refractivity contribution in [2.45, 2.75) is 6.54 Å². The van der Waals surface area contributed by atoms with Crippen molar-refractivity contribution in [2.24, 2.45) is 0 Å². The molecule has 0 atom stereocenters. The van der Waals surface area contributed by atoms with Crippen LogP contribution in [0.4, 0.5) is 16.0 Å². The van der Waals surface area contributed by atoms with Crippen LogP contribution in [0.5, 0.6) is 0 Å². The van der Waals surface area contributed by atoms with Crippen LogP contribution in [-0.4, -0.2) is 9.97 Å². The third kappa shape index (κ3) is 2.49. The van der Waals surface area contributed by atoms with Gasteiger partial charge in [-0.05, 0) is 35.9 Å². The minimum Gasteiger partial charge on any atom is -0.399 e. The van der Waals surface area contributed by atoms with Crippen LogP contribution >= 0.6 is 0 Å². The summed E-state index contributed by atoms with van der Waals surface area (Å²) in [5, 5.41) is 3.16. The van der Waals surface area contributed by atoms with Crippen molar-refractivity contribution >= 4 is 22.7 Å². The van der Waals surface area contributed by atoms with Gasteiger partial charge in [0.05, 0.1) is 11.0 Å². The first-order valence-corrected chi connectivity index (χ1v) is 5.94. The van der Waals surface area contributed by atoms with E-state index in [1.807, 2.05) is 24.3 Å². The van der Waals surface area contributed by atoms with E-state index in [1.165, 1.54) is 12.1 Å². The van der Waals surface area contributed by atoms with Crippen LogP contribution < -0.4 is 11.1 Å². The molecule has 19 heavy (non-hydrogen) atoms. The number of hydrogen-bond donors (Lipinski definition) is 3. The normalized spacial score (nSPS) is 10.8.